The van der Waals surface area contributed by atoms with Crippen molar-refractivity contribution in [1.29, 1.82) is 5.26 Å². The Hall–Kier alpha value is -4.18. The van der Waals surface area contributed by atoms with E-state index in [2.05, 4.69) is 11.4 Å². The number of benzene rings is 2. The minimum Gasteiger partial charge on any atom is -0.384 e. The van der Waals surface area contributed by atoms with E-state index in [1.165, 1.54) is 4.57 Å². The SMILES string of the molecule is N#Cc1cccc(-c2ccccc2-n2c(N)c3c(cc2=O)C(=O)NC3=O)c1. The van der Waals surface area contributed by atoms with Crippen LogP contribution in [0.2, 0.25) is 0 Å². The van der Waals surface area contributed by atoms with E-state index in [9.17, 15) is 14.4 Å². The molecule has 3 N–H and O–H groups in total. The topological polar surface area (TPSA) is 118 Å². The van der Waals surface area contributed by atoms with Gasteiger partial charge >= 0.3 is 0 Å². The summed E-state index contributed by atoms with van der Waals surface area (Å²) in [5.74, 6) is -1.38. The number of carbonyl (C=O) groups excluding carboxylic acids is 2. The minimum atomic E-state index is -0.638. The van der Waals surface area contributed by atoms with Gasteiger partial charge in [0.15, 0.2) is 0 Å². The standard InChI is InChI=1S/C20H12N4O3/c21-10-11-4-3-5-12(8-11)13-6-1-2-7-15(13)24-16(25)9-14-17(18(24)22)20(27)23-19(14)26/h1-9H,22H2,(H,23,26,27). The molecule has 1 aliphatic heterocycles. The van der Waals surface area contributed by atoms with Gasteiger partial charge in [0.05, 0.1) is 28.4 Å². The van der Waals surface area contributed by atoms with E-state index < -0.39 is 17.4 Å². The van der Waals surface area contributed by atoms with E-state index in [1.807, 2.05) is 6.07 Å². The molecule has 1 aliphatic rings. The molecular formula is C20H12N4O3. The number of aromatic nitrogens is 1. The number of amides is 2. The Labute approximate surface area is 153 Å². The number of pyridine rings is 1. The highest BCUT2D eigenvalue weighted by Gasteiger charge is 2.32. The molecule has 1 aromatic heterocycles. The number of carbonyl (C=O) groups is 2. The summed E-state index contributed by atoms with van der Waals surface area (Å²) in [7, 11) is 0. The van der Waals surface area contributed by atoms with E-state index in [4.69, 9.17) is 11.0 Å². The second-order valence-corrected chi connectivity index (χ2v) is 5.98. The van der Waals surface area contributed by atoms with Crippen molar-refractivity contribution in [2.45, 2.75) is 0 Å². The molecule has 0 atom stereocenters. The zero-order chi connectivity index (χ0) is 19.1. The number of rotatable bonds is 2. The summed E-state index contributed by atoms with van der Waals surface area (Å²) < 4.78 is 1.20. The fourth-order valence-corrected chi connectivity index (χ4v) is 3.20. The van der Waals surface area contributed by atoms with Crippen LogP contribution in [0.25, 0.3) is 16.8 Å². The molecule has 7 heteroatoms. The number of hydrogen-bond acceptors (Lipinski definition) is 5. The van der Waals surface area contributed by atoms with Crippen molar-refractivity contribution in [2.75, 3.05) is 5.73 Å². The van der Waals surface area contributed by atoms with Crippen molar-refractivity contribution < 1.29 is 9.59 Å². The summed E-state index contributed by atoms with van der Waals surface area (Å²) in [6.45, 7) is 0. The van der Waals surface area contributed by atoms with Gasteiger partial charge in [-0.1, -0.05) is 30.3 Å². The quantitative estimate of drug-likeness (QED) is 0.679. The maximum atomic E-state index is 12.7. The monoisotopic (exact) mass is 356 g/mol. The Morgan fingerprint density at radius 3 is 2.48 bits per heavy atom. The average molecular weight is 356 g/mol. The summed E-state index contributed by atoms with van der Waals surface area (Å²) in [6.07, 6.45) is 0. The smallest absolute Gasteiger partial charge is 0.262 e. The molecular weight excluding hydrogens is 344 g/mol. The molecule has 3 aromatic rings. The summed E-state index contributed by atoms with van der Waals surface area (Å²) >= 11 is 0. The lowest BCUT2D eigenvalue weighted by molar-refractivity contribution is 0.0880. The Morgan fingerprint density at radius 1 is 0.926 bits per heavy atom. The van der Waals surface area contributed by atoms with Gasteiger partial charge in [0.1, 0.15) is 5.82 Å². The van der Waals surface area contributed by atoms with Crippen molar-refractivity contribution in [2.24, 2.45) is 0 Å². The lowest BCUT2D eigenvalue weighted by atomic mass is 10.0. The normalized spacial score (nSPS) is 12.4. The number of hydrogen-bond donors (Lipinski definition) is 2. The lowest BCUT2D eigenvalue weighted by Crippen LogP contribution is -2.24. The van der Waals surface area contributed by atoms with E-state index >= 15 is 0 Å². The Bertz CT molecular complexity index is 1230. The minimum absolute atomic E-state index is 0.0137. The van der Waals surface area contributed by atoms with Gasteiger partial charge in [-0.3, -0.25) is 24.3 Å². The van der Waals surface area contributed by atoms with Crippen LogP contribution in [0.5, 0.6) is 0 Å². The largest absolute Gasteiger partial charge is 0.384 e. The number of nitrogens with one attached hydrogen (secondary N) is 1. The first-order valence-electron chi connectivity index (χ1n) is 8.02. The lowest BCUT2D eigenvalue weighted by Gasteiger charge is -2.16. The first-order chi connectivity index (χ1) is 13.0. The number of imide groups is 1. The summed E-state index contributed by atoms with van der Waals surface area (Å²) in [6, 6.07) is 17.1. The molecule has 2 amide bonds. The molecule has 0 saturated heterocycles. The number of fused-ring (bicyclic) bond motifs is 1. The van der Waals surface area contributed by atoms with Crippen molar-refractivity contribution in [3.05, 3.63) is 81.6 Å². The number of para-hydroxylation sites is 1. The predicted molar refractivity (Wildman–Crippen MR) is 98.4 cm³/mol. The second kappa shape index (κ2) is 5.97. The van der Waals surface area contributed by atoms with Crippen molar-refractivity contribution in [1.82, 2.24) is 9.88 Å². The van der Waals surface area contributed by atoms with Crippen molar-refractivity contribution in [3.63, 3.8) is 0 Å². The maximum absolute atomic E-state index is 12.7. The molecule has 0 fully saturated rings. The third kappa shape index (κ3) is 2.48. The van der Waals surface area contributed by atoms with Crippen molar-refractivity contribution in [3.8, 4) is 22.9 Å². The van der Waals surface area contributed by atoms with E-state index in [0.717, 1.165) is 11.6 Å². The molecule has 7 nitrogen and oxygen atoms in total. The molecule has 0 radical (unpaired) electrons. The van der Waals surface area contributed by atoms with Crippen molar-refractivity contribution >= 4 is 17.6 Å². The molecule has 4 rings (SSSR count). The third-order valence-electron chi connectivity index (χ3n) is 4.40. The molecule has 0 bridgehead atoms. The maximum Gasteiger partial charge on any atom is 0.262 e. The highest BCUT2D eigenvalue weighted by atomic mass is 16.2. The molecule has 0 saturated carbocycles. The Morgan fingerprint density at radius 2 is 1.70 bits per heavy atom. The van der Waals surface area contributed by atoms with E-state index in [1.54, 1.807) is 42.5 Å². The highest BCUT2D eigenvalue weighted by Crippen LogP contribution is 2.30. The Balaban J connectivity index is 2.01. The average Bonchev–Trinajstić information content (AvgIpc) is 2.96. The molecule has 0 spiro atoms. The van der Waals surface area contributed by atoms with Crippen LogP contribution < -0.4 is 16.6 Å². The molecule has 0 unspecified atom stereocenters. The van der Waals surface area contributed by atoms with Gasteiger partial charge < -0.3 is 5.73 Å². The van der Waals surface area contributed by atoms with Gasteiger partial charge in [-0.05, 0) is 23.8 Å². The summed E-state index contributed by atoms with van der Waals surface area (Å²) in [4.78, 5) is 36.6. The fraction of sp³-hybridized carbons (Fsp3) is 0. The Kier molecular flexibility index (Phi) is 3.60. The third-order valence-corrected chi connectivity index (χ3v) is 4.40. The number of nitrogens with two attached hydrogens (primary N) is 1. The van der Waals surface area contributed by atoms with Gasteiger partial charge in [-0.25, -0.2) is 0 Å². The number of nitrogens with zero attached hydrogens (tertiary/aromatic N) is 2. The van der Waals surface area contributed by atoms with Crippen LogP contribution >= 0.6 is 0 Å². The van der Waals surface area contributed by atoms with Crippen LogP contribution in [0.15, 0.2) is 59.4 Å². The zero-order valence-electron chi connectivity index (χ0n) is 13.9. The van der Waals surface area contributed by atoms with Crippen LogP contribution in [0.3, 0.4) is 0 Å². The number of nitriles is 1. The predicted octanol–water partition coefficient (Wildman–Crippen LogP) is 1.84. The first kappa shape index (κ1) is 16.3. The van der Waals surface area contributed by atoms with Crippen LogP contribution in [0, 0.1) is 11.3 Å². The molecule has 0 aliphatic carbocycles. The molecule has 2 aromatic carbocycles. The van der Waals surface area contributed by atoms with Crippen LogP contribution in [0.4, 0.5) is 5.82 Å². The highest BCUT2D eigenvalue weighted by molar-refractivity contribution is 6.23. The van der Waals surface area contributed by atoms with E-state index in [0.29, 0.717) is 16.8 Å². The van der Waals surface area contributed by atoms with Crippen LogP contribution in [0.1, 0.15) is 26.3 Å². The fourth-order valence-electron chi connectivity index (χ4n) is 3.20. The van der Waals surface area contributed by atoms with Gasteiger partial charge in [-0.2, -0.15) is 5.26 Å². The summed E-state index contributed by atoms with van der Waals surface area (Å²) in [5, 5.41) is 11.3. The van der Waals surface area contributed by atoms with Gasteiger partial charge in [0.25, 0.3) is 17.4 Å². The molecule has 27 heavy (non-hydrogen) atoms. The first-order valence-corrected chi connectivity index (χ1v) is 8.02. The number of anilines is 1. The zero-order valence-corrected chi connectivity index (χ0v) is 13.9. The van der Waals surface area contributed by atoms with Gasteiger partial charge in [0, 0.05) is 11.6 Å². The van der Waals surface area contributed by atoms with Gasteiger partial charge in [-0.15, -0.1) is 0 Å². The molecule has 2 heterocycles. The number of nitrogen functional groups attached to an aromatic ring is 1. The van der Waals surface area contributed by atoms with E-state index in [-0.39, 0.29) is 16.9 Å². The van der Waals surface area contributed by atoms with Gasteiger partial charge in [0.2, 0.25) is 0 Å². The van der Waals surface area contributed by atoms with Crippen LogP contribution in [-0.2, 0) is 0 Å². The van der Waals surface area contributed by atoms with Crippen LogP contribution in [-0.4, -0.2) is 16.4 Å². The summed E-state index contributed by atoms with van der Waals surface area (Å²) in [5.41, 5.74) is 7.86. The second-order valence-electron chi connectivity index (χ2n) is 5.98. The molecule has 130 valence electrons.